The van der Waals surface area contributed by atoms with E-state index in [2.05, 4.69) is 130 Å². The van der Waals surface area contributed by atoms with Gasteiger partial charge in [-0.2, -0.15) is 0 Å². The lowest BCUT2D eigenvalue weighted by molar-refractivity contribution is -0.167. The highest BCUT2D eigenvalue weighted by molar-refractivity contribution is 5.71. The Morgan fingerprint density at radius 3 is 0.875 bits per heavy atom. The Bertz CT molecular complexity index is 1470. The van der Waals surface area contributed by atoms with E-state index < -0.39 is 6.10 Å². The highest BCUT2D eigenvalue weighted by Gasteiger charge is 2.19. The molecule has 0 saturated carbocycles. The van der Waals surface area contributed by atoms with Crippen LogP contribution in [0.1, 0.15) is 271 Å². The summed E-state index contributed by atoms with van der Waals surface area (Å²) in [6.45, 7) is 6.38. The Kier molecular flexibility index (Phi) is 56.4. The highest BCUT2D eigenvalue weighted by atomic mass is 16.6. The predicted molar refractivity (Wildman–Crippen MR) is 311 cm³/mol. The molecule has 0 rings (SSSR count). The van der Waals surface area contributed by atoms with Gasteiger partial charge in [-0.25, -0.2) is 0 Å². The Morgan fingerprint density at radius 2 is 0.542 bits per heavy atom. The van der Waals surface area contributed by atoms with E-state index >= 15 is 0 Å². The van der Waals surface area contributed by atoms with Crippen molar-refractivity contribution in [2.24, 2.45) is 0 Å². The largest absolute Gasteiger partial charge is 0.462 e. The van der Waals surface area contributed by atoms with Gasteiger partial charge in [-0.15, -0.1) is 0 Å². The second-order valence-electron chi connectivity index (χ2n) is 19.5. The molecule has 72 heavy (non-hydrogen) atoms. The van der Waals surface area contributed by atoms with Gasteiger partial charge in [0.25, 0.3) is 0 Å². The Balaban J connectivity index is 4.37. The van der Waals surface area contributed by atoms with E-state index in [1.165, 1.54) is 109 Å². The van der Waals surface area contributed by atoms with Crippen molar-refractivity contribution < 1.29 is 28.6 Å². The van der Waals surface area contributed by atoms with Crippen molar-refractivity contribution in [2.75, 3.05) is 13.2 Å². The van der Waals surface area contributed by atoms with Crippen molar-refractivity contribution in [3.63, 3.8) is 0 Å². The minimum Gasteiger partial charge on any atom is -0.462 e. The number of hydrogen-bond donors (Lipinski definition) is 0. The van der Waals surface area contributed by atoms with Gasteiger partial charge in [0.15, 0.2) is 6.10 Å². The summed E-state index contributed by atoms with van der Waals surface area (Å²) in [6, 6.07) is 0. The molecule has 0 saturated heterocycles. The number of rotatable bonds is 53. The van der Waals surface area contributed by atoms with Crippen LogP contribution in [0.15, 0.2) is 109 Å². The van der Waals surface area contributed by atoms with Crippen LogP contribution in [-0.2, 0) is 28.6 Å². The van der Waals surface area contributed by atoms with E-state index in [-0.39, 0.29) is 37.5 Å². The lowest BCUT2D eigenvalue weighted by Crippen LogP contribution is -2.30. The fraction of sp³-hybridized carbons (Fsp3) is 0.682. The molecule has 6 nitrogen and oxygen atoms in total. The maximum Gasteiger partial charge on any atom is 0.306 e. The molecule has 0 aromatic heterocycles. The molecule has 1 unspecified atom stereocenters. The van der Waals surface area contributed by atoms with Crippen molar-refractivity contribution in [3.05, 3.63) is 109 Å². The van der Waals surface area contributed by atoms with E-state index in [4.69, 9.17) is 14.2 Å². The van der Waals surface area contributed by atoms with Gasteiger partial charge < -0.3 is 14.2 Å². The van der Waals surface area contributed by atoms with Crippen LogP contribution in [0.5, 0.6) is 0 Å². The Hall–Kier alpha value is -3.93. The molecular weight excluding hydrogens is 889 g/mol. The number of esters is 3. The standard InChI is InChI=1S/C66H110O6/c1-4-7-10-13-16-19-22-25-28-29-30-31-32-33-34-35-36-37-39-41-44-47-50-53-56-59-65(68)71-62-63(61-70-64(67)58-55-52-49-46-43-40-27-24-21-18-15-12-9-6-3)72-66(69)60-57-54-51-48-45-42-38-26-23-20-17-14-11-8-5-2/h7-8,10-11,16-17,19-20,25-26,28,30-31,33-34,38,45,48,63H,4-6,9,12-15,18,21-24,27,29,32,35-37,39-44,46-47,49-62H2,1-3H3/b10-7-,11-8-,19-16-,20-17-,28-25-,31-30-,34-33-,38-26-,48-45-. The van der Waals surface area contributed by atoms with Crippen molar-refractivity contribution in [1.29, 1.82) is 0 Å². The van der Waals surface area contributed by atoms with Gasteiger partial charge in [-0.05, 0) is 103 Å². The van der Waals surface area contributed by atoms with Gasteiger partial charge >= 0.3 is 17.9 Å². The van der Waals surface area contributed by atoms with Gasteiger partial charge in [-0.1, -0.05) is 259 Å². The lowest BCUT2D eigenvalue weighted by atomic mass is 10.0. The Labute approximate surface area is 444 Å². The minimum atomic E-state index is -0.803. The lowest BCUT2D eigenvalue weighted by Gasteiger charge is -2.18. The van der Waals surface area contributed by atoms with Crippen molar-refractivity contribution in [3.8, 4) is 0 Å². The van der Waals surface area contributed by atoms with Crippen molar-refractivity contribution in [2.45, 2.75) is 277 Å². The number of ether oxygens (including phenoxy) is 3. The summed E-state index contributed by atoms with van der Waals surface area (Å²) >= 11 is 0. The number of carbonyl (C=O) groups is 3. The van der Waals surface area contributed by atoms with Gasteiger partial charge in [0, 0.05) is 19.3 Å². The van der Waals surface area contributed by atoms with Crippen LogP contribution in [-0.4, -0.2) is 37.2 Å². The summed E-state index contributed by atoms with van der Waals surface area (Å²) in [5.74, 6) is -0.939. The van der Waals surface area contributed by atoms with Crippen LogP contribution >= 0.6 is 0 Å². The third-order valence-corrected chi connectivity index (χ3v) is 12.5. The molecule has 0 spiro atoms. The average Bonchev–Trinajstić information content (AvgIpc) is 3.38. The normalized spacial score (nSPS) is 12.9. The number of allylic oxidation sites excluding steroid dienone is 18. The van der Waals surface area contributed by atoms with Crippen LogP contribution in [0.4, 0.5) is 0 Å². The smallest absolute Gasteiger partial charge is 0.306 e. The van der Waals surface area contributed by atoms with E-state index in [0.717, 1.165) is 116 Å². The second-order valence-corrected chi connectivity index (χ2v) is 19.5. The number of unbranched alkanes of at least 4 members (excludes halogenated alkanes) is 24. The molecule has 0 heterocycles. The SMILES string of the molecule is CC/C=C\C/C=C\C/C=C\C/C=C\C/C=C\CCCCCCCCCCCC(=O)OCC(COC(=O)CCCCCCCCCCCCCCCC)OC(=O)CCCC/C=C\C/C=C\C/C=C\C/C=C\CC. The first kappa shape index (κ1) is 68.1. The summed E-state index contributed by atoms with van der Waals surface area (Å²) in [4.78, 5) is 38.2. The minimum absolute atomic E-state index is 0.0954. The van der Waals surface area contributed by atoms with E-state index in [9.17, 15) is 14.4 Å². The summed E-state index contributed by atoms with van der Waals surface area (Å²) < 4.78 is 16.8. The van der Waals surface area contributed by atoms with Gasteiger partial charge in [-0.3, -0.25) is 14.4 Å². The van der Waals surface area contributed by atoms with E-state index in [1.807, 2.05) is 0 Å². The molecule has 0 aliphatic carbocycles. The first-order valence-corrected chi connectivity index (χ1v) is 29.9. The van der Waals surface area contributed by atoms with Gasteiger partial charge in [0.05, 0.1) is 0 Å². The molecule has 0 N–H and O–H groups in total. The van der Waals surface area contributed by atoms with E-state index in [0.29, 0.717) is 19.3 Å². The molecule has 0 amide bonds. The molecule has 0 fully saturated rings. The van der Waals surface area contributed by atoms with Crippen LogP contribution in [0.25, 0.3) is 0 Å². The summed E-state index contributed by atoms with van der Waals surface area (Å²) in [6.07, 6.45) is 80.9. The predicted octanol–water partition coefficient (Wildman–Crippen LogP) is 20.3. The fourth-order valence-corrected chi connectivity index (χ4v) is 8.11. The van der Waals surface area contributed by atoms with Crippen LogP contribution in [0.3, 0.4) is 0 Å². The highest BCUT2D eigenvalue weighted by Crippen LogP contribution is 2.15. The van der Waals surface area contributed by atoms with Crippen LogP contribution in [0, 0.1) is 0 Å². The molecule has 0 aliphatic rings. The molecule has 410 valence electrons. The second kappa shape index (κ2) is 59.6. The molecule has 0 bridgehead atoms. The molecule has 0 aromatic rings. The van der Waals surface area contributed by atoms with Crippen LogP contribution in [0.2, 0.25) is 0 Å². The van der Waals surface area contributed by atoms with Crippen molar-refractivity contribution in [1.82, 2.24) is 0 Å². The zero-order chi connectivity index (χ0) is 52.2. The number of carbonyl (C=O) groups excluding carboxylic acids is 3. The molecule has 0 aliphatic heterocycles. The van der Waals surface area contributed by atoms with E-state index in [1.54, 1.807) is 0 Å². The third-order valence-electron chi connectivity index (χ3n) is 12.5. The first-order chi connectivity index (χ1) is 35.5. The fourth-order valence-electron chi connectivity index (χ4n) is 8.11. The van der Waals surface area contributed by atoms with Gasteiger partial charge in [0.2, 0.25) is 0 Å². The molecule has 0 radical (unpaired) electrons. The van der Waals surface area contributed by atoms with Crippen LogP contribution < -0.4 is 0 Å². The maximum atomic E-state index is 12.8. The zero-order valence-corrected chi connectivity index (χ0v) is 46.9. The van der Waals surface area contributed by atoms with Crippen molar-refractivity contribution >= 4 is 17.9 Å². The maximum absolute atomic E-state index is 12.8. The molecular formula is C66H110O6. The van der Waals surface area contributed by atoms with Gasteiger partial charge in [0.1, 0.15) is 13.2 Å². The summed E-state index contributed by atoms with van der Waals surface area (Å²) in [5.41, 5.74) is 0. The molecule has 0 aromatic carbocycles. The molecule has 1 atom stereocenters. The number of hydrogen-bond acceptors (Lipinski definition) is 6. The zero-order valence-electron chi connectivity index (χ0n) is 46.9. The monoisotopic (exact) mass is 999 g/mol. The Morgan fingerprint density at radius 1 is 0.292 bits per heavy atom. The molecule has 6 heteroatoms. The topological polar surface area (TPSA) is 78.9 Å². The average molecular weight is 1000 g/mol. The summed E-state index contributed by atoms with van der Waals surface area (Å²) in [5, 5.41) is 0. The third kappa shape index (κ3) is 57.0. The quantitative estimate of drug-likeness (QED) is 0.0261. The first-order valence-electron chi connectivity index (χ1n) is 29.9. The summed E-state index contributed by atoms with van der Waals surface area (Å²) in [7, 11) is 0.